The van der Waals surface area contributed by atoms with Crippen LogP contribution in [0.15, 0.2) is 72.9 Å². The molecule has 0 saturated carbocycles. The number of aromatic nitrogens is 1. The van der Waals surface area contributed by atoms with Gasteiger partial charge in [-0.05, 0) is 5.56 Å². The van der Waals surface area contributed by atoms with Crippen molar-refractivity contribution < 1.29 is 19.4 Å². The SMILES string of the molecule is COc1cc(NC(C(=O)c2c[nH]c3c(CO)cccc23)c2ccccc2)cc(OC)c1. The highest BCUT2D eigenvalue weighted by molar-refractivity contribution is 6.12. The highest BCUT2D eigenvalue weighted by atomic mass is 16.5. The van der Waals surface area contributed by atoms with Crippen LogP contribution >= 0.6 is 0 Å². The van der Waals surface area contributed by atoms with Crippen molar-refractivity contribution in [2.45, 2.75) is 12.6 Å². The lowest BCUT2D eigenvalue weighted by Crippen LogP contribution is -2.21. The molecule has 0 fully saturated rings. The van der Waals surface area contributed by atoms with Crippen molar-refractivity contribution in [2.24, 2.45) is 0 Å². The average Bonchev–Trinajstić information content (AvgIpc) is 3.26. The number of nitrogens with one attached hydrogen (secondary N) is 2. The molecule has 0 aliphatic heterocycles. The number of Topliss-reactive ketones (excluding diaryl/α,β-unsaturated/α-hetero) is 1. The Bertz CT molecular complexity index is 1180. The van der Waals surface area contributed by atoms with Crippen LogP contribution in [0.4, 0.5) is 5.69 Å². The molecule has 6 heteroatoms. The van der Waals surface area contributed by atoms with Crippen LogP contribution < -0.4 is 14.8 Å². The van der Waals surface area contributed by atoms with E-state index < -0.39 is 6.04 Å². The van der Waals surface area contributed by atoms with Crippen LogP contribution in [0.3, 0.4) is 0 Å². The maximum absolute atomic E-state index is 13.7. The third-order valence-electron chi connectivity index (χ3n) is 5.30. The second-order valence-corrected chi connectivity index (χ2v) is 7.15. The molecule has 6 nitrogen and oxygen atoms in total. The van der Waals surface area contributed by atoms with E-state index in [-0.39, 0.29) is 12.4 Å². The highest BCUT2D eigenvalue weighted by Crippen LogP contribution is 2.32. The molecule has 3 N–H and O–H groups in total. The zero-order valence-corrected chi connectivity index (χ0v) is 17.4. The molecule has 3 aromatic carbocycles. The molecule has 0 bridgehead atoms. The number of aliphatic hydroxyl groups is 1. The number of ketones is 1. The van der Waals surface area contributed by atoms with Gasteiger partial charge in [0, 0.05) is 46.6 Å². The van der Waals surface area contributed by atoms with Crippen molar-refractivity contribution in [3.05, 3.63) is 89.6 Å². The van der Waals surface area contributed by atoms with Crippen molar-refractivity contribution in [1.29, 1.82) is 0 Å². The molecule has 0 radical (unpaired) electrons. The number of rotatable bonds is 8. The standard InChI is InChI=1S/C25H24N2O4/c1-30-19-11-18(12-20(13-19)31-2)27-24(16-7-4-3-5-8-16)25(29)22-14-26-23-17(15-28)9-6-10-21(22)23/h3-14,24,26-28H,15H2,1-2H3. The van der Waals surface area contributed by atoms with Crippen molar-refractivity contribution in [2.75, 3.05) is 19.5 Å². The molecule has 4 aromatic rings. The highest BCUT2D eigenvalue weighted by Gasteiger charge is 2.25. The Morgan fingerprint density at radius 1 is 1.00 bits per heavy atom. The molecular weight excluding hydrogens is 392 g/mol. The lowest BCUT2D eigenvalue weighted by atomic mass is 9.96. The van der Waals surface area contributed by atoms with E-state index in [9.17, 15) is 9.90 Å². The number of hydrogen-bond donors (Lipinski definition) is 3. The number of aromatic amines is 1. The summed E-state index contributed by atoms with van der Waals surface area (Å²) < 4.78 is 10.7. The van der Waals surface area contributed by atoms with Crippen LogP contribution in [0.1, 0.15) is 27.5 Å². The van der Waals surface area contributed by atoms with Gasteiger partial charge in [-0.1, -0.05) is 48.5 Å². The summed E-state index contributed by atoms with van der Waals surface area (Å²) in [6, 6.07) is 19.9. The summed E-state index contributed by atoms with van der Waals surface area (Å²) in [4.78, 5) is 16.9. The summed E-state index contributed by atoms with van der Waals surface area (Å²) in [6.07, 6.45) is 1.70. The maximum atomic E-state index is 13.7. The Kier molecular flexibility index (Phi) is 5.91. The summed E-state index contributed by atoms with van der Waals surface area (Å²) in [7, 11) is 3.17. The zero-order valence-electron chi connectivity index (χ0n) is 17.4. The normalized spacial score (nSPS) is 11.8. The molecular formula is C25H24N2O4. The first-order valence-corrected chi connectivity index (χ1v) is 9.93. The van der Waals surface area contributed by atoms with E-state index in [2.05, 4.69) is 10.3 Å². The number of fused-ring (bicyclic) bond motifs is 1. The van der Waals surface area contributed by atoms with Gasteiger partial charge in [-0.25, -0.2) is 0 Å². The summed E-state index contributed by atoms with van der Waals surface area (Å²) in [5, 5.41) is 13.8. The number of para-hydroxylation sites is 1. The van der Waals surface area contributed by atoms with Gasteiger partial charge in [0.05, 0.1) is 26.3 Å². The minimum absolute atomic E-state index is 0.0886. The Morgan fingerprint density at radius 3 is 2.35 bits per heavy atom. The third kappa shape index (κ3) is 4.11. The van der Waals surface area contributed by atoms with Gasteiger partial charge in [0.25, 0.3) is 0 Å². The summed E-state index contributed by atoms with van der Waals surface area (Å²) in [5.74, 6) is 1.16. The first-order chi connectivity index (χ1) is 15.1. The van der Waals surface area contributed by atoms with Gasteiger partial charge in [0.15, 0.2) is 5.78 Å². The molecule has 0 amide bonds. The average molecular weight is 416 g/mol. The van der Waals surface area contributed by atoms with Gasteiger partial charge in [0.2, 0.25) is 0 Å². The molecule has 31 heavy (non-hydrogen) atoms. The number of aliphatic hydroxyl groups excluding tert-OH is 1. The van der Waals surface area contributed by atoms with Crippen LogP contribution in [0, 0.1) is 0 Å². The van der Waals surface area contributed by atoms with E-state index in [1.165, 1.54) is 0 Å². The van der Waals surface area contributed by atoms with E-state index in [0.717, 1.165) is 22.0 Å². The first-order valence-electron chi connectivity index (χ1n) is 9.93. The fraction of sp³-hybridized carbons (Fsp3) is 0.160. The Balaban J connectivity index is 1.77. The van der Waals surface area contributed by atoms with Gasteiger partial charge < -0.3 is 24.9 Å². The molecule has 0 spiro atoms. The monoisotopic (exact) mass is 416 g/mol. The predicted molar refractivity (Wildman–Crippen MR) is 121 cm³/mol. The predicted octanol–water partition coefficient (Wildman–Crippen LogP) is 4.71. The largest absolute Gasteiger partial charge is 0.497 e. The number of anilines is 1. The molecule has 158 valence electrons. The Labute approximate surface area is 180 Å². The van der Waals surface area contributed by atoms with Gasteiger partial charge in [-0.15, -0.1) is 0 Å². The number of hydrogen-bond acceptors (Lipinski definition) is 5. The minimum Gasteiger partial charge on any atom is -0.497 e. The van der Waals surface area contributed by atoms with E-state index in [1.807, 2.05) is 60.7 Å². The second kappa shape index (κ2) is 8.93. The summed E-state index contributed by atoms with van der Waals surface area (Å²) >= 11 is 0. The quantitative estimate of drug-likeness (QED) is 0.362. The zero-order chi connectivity index (χ0) is 21.8. The fourth-order valence-electron chi connectivity index (χ4n) is 3.71. The number of carbonyl (C=O) groups excluding carboxylic acids is 1. The van der Waals surface area contributed by atoms with Gasteiger partial charge in [-0.2, -0.15) is 0 Å². The summed E-state index contributed by atoms with van der Waals surface area (Å²) in [5.41, 5.74) is 3.61. The number of methoxy groups -OCH3 is 2. The molecule has 1 aromatic heterocycles. The van der Waals surface area contributed by atoms with E-state index in [0.29, 0.717) is 22.7 Å². The number of carbonyl (C=O) groups is 1. The van der Waals surface area contributed by atoms with Crippen molar-refractivity contribution in [3.8, 4) is 11.5 Å². The minimum atomic E-state index is -0.630. The third-order valence-corrected chi connectivity index (χ3v) is 5.30. The van der Waals surface area contributed by atoms with Crippen LogP contribution in [0.25, 0.3) is 10.9 Å². The molecule has 1 unspecified atom stereocenters. The van der Waals surface area contributed by atoms with E-state index in [4.69, 9.17) is 9.47 Å². The fourth-order valence-corrected chi connectivity index (χ4v) is 3.71. The Morgan fingerprint density at radius 2 is 1.71 bits per heavy atom. The van der Waals surface area contributed by atoms with Gasteiger partial charge >= 0.3 is 0 Å². The lowest BCUT2D eigenvalue weighted by Gasteiger charge is -2.20. The van der Waals surface area contributed by atoms with Crippen LogP contribution in [-0.2, 0) is 6.61 Å². The Hall–Kier alpha value is -3.77. The topological polar surface area (TPSA) is 83.6 Å². The molecule has 4 rings (SSSR count). The van der Waals surface area contributed by atoms with Crippen LogP contribution in [0.5, 0.6) is 11.5 Å². The van der Waals surface area contributed by atoms with E-state index in [1.54, 1.807) is 26.5 Å². The smallest absolute Gasteiger partial charge is 0.191 e. The van der Waals surface area contributed by atoms with Crippen molar-refractivity contribution >= 4 is 22.4 Å². The molecule has 1 atom stereocenters. The number of ether oxygens (including phenoxy) is 2. The van der Waals surface area contributed by atoms with Crippen LogP contribution in [-0.4, -0.2) is 30.1 Å². The second-order valence-electron chi connectivity index (χ2n) is 7.15. The van der Waals surface area contributed by atoms with Crippen LogP contribution in [0.2, 0.25) is 0 Å². The molecule has 1 heterocycles. The number of H-pyrrole nitrogens is 1. The van der Waals surface area contributed by atoms with Gasteiger partial charge in [0.1, 0.15) is 17.5 Å². The first kappa shape index (κ1) is 20.5. The molecule has 0 saturated heterocycles. The van der Waals surface area contributed by atoms with E-state index >= 15 is 0 Å². The number of benzene rings is 3. The lowest BCUT2D eigenvalue weighted by molar-refractivity contribution is 0.0971. The maximum Gasteiger partial charge on any atom is 0.191 e. The summed E-state index contributed by atoms with van der Waals surface area (Å²) in [6.45, 7) is -0.102. The molecule has 0 aliphatic carbocycles. The molecule has 0 aliphatic rings. The van der Waals surface area contributed by atoms with Crippen molar-refractivity contribution in [1.82, 2.24) is 4.98 Å². The van der Waals surface area contributed by atoms with Gasteiger partial charge in [-0.3, -0.25) is 4.79 Å². The van der Waals surface area contributed by atoms with Crippen molar-refractivity contribution in [3.63, 3.8) is 0 Å².